The third kappa shape index (κ3) is 3.23. The molecule has 23 heavy (non-hydrogen) atoms. The average molecular weight is 345 g/mol. The van der Waals surface area contributed by atoms with E-state index in [2.05, 4.69) is 0 Å². The Balaban J connectivity index is 2.17. The fourth-order valence-electron chi connectivity index (χ4n) is 2.47. The van der Waals surface area contributed by atoms with Crippen molar-refractivity contribution in [2.75, 3.05) is 0 Å². The van der Waals surface area contributed by atoms with Crippen molar-refractivity contribution in [1.82, 2.24) is 0 Å². The van der Waals surface area contributed by atoms with Crippen LogP contribution in [0, 0.1) is 0 Å². The van der Waals surface area contributed by atoms with E-state index in [-0.39, 0.29) is 12.2 Å². The summed E-state index contributed by atoms with van der Waals surface area (Å²) in [5, 5.41) is 21.2. The van der Waals surface area contributed by atoms with Crippen molar-refractivity contribution in [3.8, 4) is 27.3 Å². The SMILES string of the molecule is O=C(O)Cc1c(-c2ccccc2Cl)csc1-c1ccc(O)cc1. The molecule has 2 N–H and O–H groups in total. The first-order valence-corrected chi connectivity index (χ1v) is 8.18. The van der Waals surface area contributed by atoms with Gasteiger partial charge < -0.3 is 10.2 Å². The minimum absolute atomic E-state index is 0.0831. The van der Waals surface area contributed by atoms with E-state index < -0.39 is 5.97 Å². The second-order valence-corrected chi connectivity index (χ2v) is 6.34. The molecule has 0 aliphatic rings. The molecule has 0 radical (unpaired) electrons. The molecule has 0 bridgehead atoms. The van der Waals surface area contributed by atoms with Crippen LogP contribution >= 0.6 is 22.9 Å². The summed E-state index contributed by atoms with van der Waals surface area (Å²) < 4.78 is 0. The fraction of sp³-hybridized carbons (Fsp3) is 0.0556. The Morgan fingerprint density at radius 1 is 1.04 bits per heavy atom. The number of hydrogen-bond acceptors (Lipinski definition) is 3. The second kappa shape index (κ2) is 6.44. The Hall–Kier alpha value is -2.30. The molecule has 116 valence electrons. The zero-order valence-electron chi connectivity index (χ0n) is 12.0. The number of carboxylic acid groups (broad SMARTS) is 1. The number of phenolic OH excluding ortho intramolecular Hbond substituents is 1. The van der Waals surface area contributed by atoms with Crippen LogP contribution in [0.5, 0.6) is 5.75 Å². The molecule has 3 aromatic rings. The van der Waals surface area contributed by atoms with Gasteiger partial charge in [-0.2, -0.15) is 0 Å². The molecule has 1 aromatic heterocycles. The lowest BCUT2D eigenvalue weighted by Crippen LogP contribution is -2.01. The highest BCUT2D eigenvalue weighted by atomic mass is 35.5. The fourth-order valence-corrected chi connectivity index (χ4v) is 3.81. The molecule has 0 atom stereocenters. The molecule has 5 heteroatoms. The van der Waals surface area contributed by atoms with Crippen LogP contribution in [0.2, 0.25) is 5.02 Å². The lowest BCUT2D eigenvalue weighted by atomic mass is 9.98. The normalized spacial score (nSPS) is 10.7. The number of phenols is 1. The molecular formula is C18H13ClO3S. The van der Waals surface area contributed by atoms with Gasteiger partial charge in [0.15, 0.2) is 0 Å². The lowest BCUT2D eigenvalue weighted by molar-refractivity contribution is -0.136. The number of thiophene rings is 1. The maximum absolute atomic E-state index is 11.3. The molecule has 0 aliphatic heterocycles. The molecule has 0 spiro atoms. The summed E-state index contributed by atoms with van der Waals surface area (Å²) in [5.74, 6) is -0.715. The number of carboxylic acids is 1. The Morgan fingerprint density at radius 3 is 2.39 bits per heavy atom. The van der Waals surface area contributed by atoms with Gasteiger partial charge in [0.2, 0.25) is 0 Å². The highest BCUT2D eigenvalue weighted by Gasteiger charge is 2.18. The van der Waals surface area contributed by atoms with Crippen LogP contribution in [0.15, 0.2) is 53.9 Å². The van der Waals surface area contributed by atoms with Gasteiger partial charge in [-0.15, -0.1) is 11.3 Å². The monoisotopic (exact) mass is 344 g/mol. The Bertz CT molecular complexity index is 853. The first kappa shape index (κ1) is 15.6. The van der Waals surface area contributed by atoms with Gasteiger partial charge in [0.05, 0.1) is 6.42 Å². The number of rotatable bonds is 4. The summed E-state index contributed by atoms with van der Waals surface area (Å²) in [6.45, 7) is 0. The van der Waals surface area contributed by atoms with E-state index in [1.165, 1.54) is 11.3 Å². The maximum Gasteiger partial charge on any atom is 0.307 e. The predicted molar refractivity (Wildman–Crippen MR) is 93.2 cm³/mol. The predicted octanol–water partition coefficient (Wildman–Crippen LogP) is 5.07. The summed E-state index contributed by atoms with van der Waals surface area (Å²) in [5.41, 5.74) is 3.28. The molecular weight excluding hydrogens is 332 g/mol. The van der Waals surface area contributed by atoms with E-state index in [1.807, 2.05) is 23.6 Å². The van der Waals surface area contributed by atoms with Gasteiger partial charge in [-0.3, -0.25) is 4.79 Å². The van der Waals surface area contributed by atoms with Crippen LogP contribution in [0.1, 0.15) is 5.56 Å². The summed E-state index contributed by atoms with van der Waals surface area (Å²) >= 11 is 7.74. The molecule has 2 aromatic carbocycles. The molecule has 3 rings (SSSR count). The molecule has 0 saturated heterocycles. The van der Waals surface area contributed by atoms with Crippen molar-refractivity contribution in [3.05, 3.63) is 64.5 Å². The van der Waals surface area contributed by atoms with E-state index in [1.54, 1.807) is 30.3 Å². The van der Waals surface area contributed by atoms with E-state index in [4.69, 9.17) is 11.6 Å². The van der Waals surface area contributed by atoms with Crippen molar-refractivity contribution in [1.29, 1.82) is 0 Å². The van der Waals surface area contributed by atoms with Crippen LogP contribution in [-0.4, -0.2) is 16.2 Å². The molecule has 1 heterocycles. The minimum atomic E-state index is -0.892. The van der Waals surface area contributed by atoms with Gasteiger partial charge in [-0.05, 0) is 52.4 Å². The molecule has 0 aliphatic carbocycles. The van der Waals surface area contributed by atoms with Crippen LogP contribution in [0.25, 0.3) is 21.6 Å². The summed E-state index contributed by atoms with van der Waals surface area (Å²) in [4.78, 5) is 12.2. The van der Waals surface area contributed by atoms with Gasteiger partial charge >= 0.3 is 5.97 Å². The van der Waals surface area contributed by atoms with Crippen molar-refractivity contribution in [3.63, 3.8) is 0 Å². The van der Waals surface area contributed by atoms with Crippen molar-refractivity contribution >= 4 is 28.9 Å². The van der Waals surface area contributed by atoms with Gasteiger partial charge in [0.1, 0.15) is 5.75 Å². The van der Waals surface area contributed by atoms with Gasteiger partial charge in [-0.1, -0.05) is 29.8 Å². The Morgan fingerprint density at radius 2 is 1.74 bits per heavy atom. The van der Waals surface area contributed by atoms with Gasteiger partial charge in [0, 0.05) is 15.5 Å². The van der Waals surface area contributed by atoms with E-state index in [9.17, 15) is 15.0 Å². The van der Waals surface area contributed by atoms with E-state index in [0.717, 1.165) is 27.1 Å². The average Bonchev–Trinajstić information content (AvgIpc) is 2.91. The summed E-state index contributed by atoms with van der Waals surface area (Å²) in [7, 11) is 0. The van der Waals surface area contributed by atoms with Crippen LogP contribution < -0.4 is 0 Å². The van der Waals surface area contributed by atoms with E-state index >= 15 is 0 Å². The molecule has 0 saturated carbocycles. The van der Waals surface area contributed by atoms with Crippen molar-refractivity contribution < 1.29 is 15.0 Å². The smallest absolute Gasteiger partial charge is 0.307 e. The first-order valence-electron chi connectivity index (χ1n) is 6.92. The zero-order valence-corrected chi connectivity index (χ0v) is 13.6. The van der Waals surface area contributed by atoms with Gasteiger partial charge in [-0.25, -0.2) is 0 Å². The highest BCUT2D eigenvalue weighted by molar-refractivity contribution is 7.14. The highest BCUT2D eigenvalue weighted by Crippen LogP contribution is 2.41. The molecule has 3 nitrogen and oxygen atoms in total. The number of hydrogen-bond donors (Lipinski definition) is 2. The third-order valence-corrected chi connectivity index (χ3v) is 4.92. The zero-order chi connectivity index (χ0) is 16.4. The standard InChI is InChI=1S/C18H13ClO3S/c19-16-4-2-1-3-13(16)15-10-23-18(14(15)9-17(21)22)11-5-7-12(20)8-6-11/h1-8,10,20H,9H2,(H,21,22). The van der Waals surface area contributed by atoms with Crippen LogP contribution in [0.3, 0.4) is 0 Å². The van der Waals surface area contributed by atoms with Gasteiger partial charge in [0.25, 0.3) is 0 Å². The number of halogens is 1. The Labute approximate surface area is 142 Å². The topological polar surface area (TPSA) is 57.5 Å². The summed E-state index contributed by atoms with van der Waals surface area (Å²) in [6, 6.07) is 14.1. The largest absolute Gasteiger partial charge is 0.508 e. The minimum Gasteiger partial charge on any atom is -0.508 e. The van der Waals surface area contributed by atoms with Crippen LogP contribution in [0.4, 0.5) is 0 Å². The molecule has 0 unspecified atom stereocenters. The first-order chi connectivity index (χ1) is 11.1. The summed E-state index contributed by atoms with van der Waals surface area (Å²) in [6.07, 6.45) is -0.0831. The number of aromatic hydroxyl groups is 1. The third-order valence-electron chi connectivity index (χ3n) is 3.52. The quantitative estimate of drug-likeness (QED) is 0.694. The Kier molecular flexibility index (Phi) is 4.37. The molecule has 0 amide bonds. The number of aliphatic carboxylic acids is 1. The number of carbonyl (C=O) groups is 1. The van der Waals surface area contributed by atoms with E-state index in [0.29, 0.717) is 5.02 Å². The maximum atomic E-state index is 11.3. The lowest BCUT2D eigenvalue weighted by Gasteiger charge is -2.08. The van der Waals surface area contributed by atoms with Crippen LogP contribution in [-0.2, 0) is 11.2 Å². The van der Waals surface area contributed by atoms with Crippen molar-refractivity contribution in [2.45, 2.75) is 6.42 Å². The number of benzene rings is 2. The molecule has 0 fully saturated rings. The second-order valence-electron chi connectivity index (χ2n) is 5.05. The van der Waals surface area contributed by atoms with Crippen molar-refractivity contribution in [2.24, 2.45) is 0 Å².